The molecule has 1 aromatic rings. The fourth-order valence-electron chi connectivity index (χ4n) is 1.64. The lowest BCUT2D eigenvalue weighted by molar-refractivity contribution is -0.146. The molecule has 0 saturated heterocycles. The molecule has 1 amide bonds. The third kappa shape index (κ3) is 5.90. The number of nitrogens with zero attached hydrogens (tertiary/aromatic N) is 1. The van der Waals surface area contributed by atoms with Crippen molar-refractivity contribution in [2.24, 2.45) is 5.92 Å². The van der Waals surface area contributed by atoms with Crippen LogP contribution in [0.1, 0.15) is 12.5 Å². The fourth-order valence-corrected chi connectivity index (χ4v) is 1.64. The van der Waals surface area contributed by atoms with E-state index in [9.17, 15) is 14.4 Å². The molecule has 1 unspecified atom stereocenters. The molecular formula is C15H17NO5. The minimum Gasteiger partial charge on any atom is -0.481 e. The van der Waals surface area contributed by atoms with Crippen molar-refractivity contribution in [3.05, 3.63) is 42.0 Å². The van der Waals surface area contributed by atoms with Gasteiger partial charge in [-0.25, -0.2) is 0 Å². The Morgan fingerprint density at radius 3 is 2.33 bits per heavy atom. The average Bonchev–Trinajstić information content (AvgIpc) is 2.44. The van der Waals surface area contributed by atoms with Crippen molar-refractivity contribution in [2.45, 2.75) is 6.92 Å². The van der Waals surface area contributed by atoms with Gasteiger partial charge in [-0.2, -0.15) is 0 Å². The summed E-state index contributed by atoms with van der Waals surface area (Å²) < 4.78 is 0. The fraction of sp³-hybridized carbons (Fsp3) is 0.267. The number of rotatable bonds is 7. The van der Waals surface area contributed by atoms with Crippen molar-refractivity contribution < 1.29 is 24.6 Å². The van der Waals surface area contributed by atoms with E-state index in [1.165, 1.54) is 13.0 Å². The van der Waals surface area contributed by atoms with Crippen LogP contribution in [0, 0.1) is 5.92 Å². The van der Waals surface area contributed by atoms with Gasteiger partial charge in [0.15, 0.2) is 0 Å². The summed E-state index contributed by atoms with van der Waals surface area (Å²) in [7, 11) is 0. The van der Waals surface area contributed by atoms with Gasteiger partial charge < -0.3 is 15.1 Å². The van der Waals surface area contributed by atoms with Crippen molar-refractivity contribution >= 4 is 23.9 Å². The summed E-state index contributed by atoms with van der Waals surface area (Å²) >= 11 is 0. The summed E-state index contributed by atoms with van der Waals surface area (Å²) in [6.45, 7) is 0.737. The molecule has 0 aromatic heterocycles. The Bertz CT molecular complexity index is 538. The second-order valence-electron chi connectivity index (χ2n) is 4.60. The number of hydrogen-bond acceptors (Lipinski definition) is 3. The summed E-state index contributed by atoms with van der Waals surface area (Å²) in [4.78, 5) is 34.6. The topological polar surface area (TPSA) is 94.9 Å². The standard InChI is InChI=1S/C15H17NO5/c1-11(15(20)21)9-16(10-14(18)19)13(17)8-7-12-5-3-2-4-6-12/h2-8,11H,9-10H2,1H3,(H,18,19)(H,20,21)/b8-7+. The van der Waals surface area contributed by atoms with Gasteiger partial charge in [-0.3, -0.25) is 14.4 Å². The number of carboxylic acid groups (broad SMARTS) is 2. The lowest BCUT2D eigenvalue weighted by Gasteiger charge is -2.21. The number of hydrogen-bond donors (Lipinski definition) is 2. The predicted molar refractivity (Wildman–Crippen MR) is 76.5 cm³/mol. The summed E-state index contributed by atoms with van der Waals surface area (Å²) in [5.74, 6) is -3.63. The van der Waals surface area contributed by atoms with E-state index in [2.05, 4.69) is 0 Å². The van der Waals surface area contributed by atoms with Crippen LogP contribution in [0.5, 0.6) is 0 Å². The maximum atomic E-state index is 12.0. The average molecular weight is 291 g/mol. The normalized spacial score (nSPS) is 12.0. The molecule has 0 aliphatic heterocycles. The zero-order chi connectivity index (χ0) is 15.8. The highest BCUT2D eigenvalue weighted by atomic mass is 16.4. The van der Waals surface area contributed by atoms with E-state index in [-0.39, 0.29) is 6.54 Å². The quantitative estimate of drug-likeness (QED) is 0.739. The molecule has 0 fully saturated rings. The second kappa shape index (κ2) is 7.84. The highest BCUT2D eigenvalue weighted by molar-refractivity contribution is 5.93. The van der Waals surface area contributed by atoms with E-state index < -0.39 is 30.3 Å². The first-order valence-electron chi connectivity index (χ1n) is 6.36. The smallest absolute Gasteiger partial charge is 0.323 e. The van der Waals surface area contributed by atoms with E-state index in [1.807, 2.05) is 18.2 Å². The number of carboxylic acids is 2. The van der Waals surface area contributed by atoms with Gasteiger partial charge in [-0.05, 0) is 11.6 Å². The molecule has 0 aliphatic carbocycles. The molecule has 2 N–H and O–H groups in total. The molecule has 1 aromatic carbocycles. The Morgan fingerprint density at radius 2 is 1.81 bits per heavy atom. The Hall–Kier alpha value is -2.63. The first kappa shape index (κ1) is 16.4. The largest absolute Gasteiger partial charge is 0.481 e. The summed E-state index contributed by atoms with van der Waals surface area (Å²) in [6.07, 6.45) is 2.80. The van der Waals surface area contributed by atoms with Crippen molar-refractivity contribution in [3.63, 3.8) is 0 Å². The molecule has 0 bridgehead atoms. The van der Waals surface area contributed by atoms with Crippen LogP contribution in [0.2, 0.25) is 0 Å². The molecule has 6 heteroatoms. The van der Waals surface area contributed by atoms with Crippen LogP contribution in [-0.4, -0.2) is 46.0 Å². The molecule has 112 valence electrons. The molecule has 21 heavy (non-hydrogen) atoms. The van der Waals surface area contributed by atoms with Crippen molar-refractivity contribution in [2.75, 3.05) is 13.1 Å². The highest BCUT2D eigenvalue weighted by Gasteiger charge is 2.21. The molecule has 6 nitrogen and oxygen atoms in total. The van der Waals surface area contributed by atoms with Gasteiger partial charge >= 0.3 is 11.9 Å². The Kier molecular flexibility index (Phi) is 6.13. The van der Waals surface area contributed by atoms with Crippen LogP contribution >= 0.6 is 0 Å². The molecule has 0 aliphatic rings. The summed E-state index contributed by atoms with van der Waals surface area (Å²) in [5.41, 5.74) is 0.799. The Balaban J connectivity index is 2.77. The highest BCUT2D eigenvalue weighted by Crippen LogP contribution is 2.05. The van der Waals surface area contributed by atoms with E-state index in [0.717, 1.165) is 10.5 Å². The first-order chi connectivity index (χ1) is 9.90. The van der Waals surface area contributed by atoms with Crippen LogP contribution in [0.15, 0.2) is 36.4 Å². The molecular weight excluding hydrogens is 274 g/mol. The number of amides is 1. The third-order valence-corrected chi connectivity index (χ3v) is 2.77. The van der Waals surface area contributed by atoms with Gasteiger partial charge in [-0.1, -0.05) is 37.3 Å². The molecule has 0 radical (unpaired) electrons. The Morgan fingerprint density at radius 1 is 1.19 bits per heavy atom. The number of aliphatic carboxylic acids is 2. The van der Waals surface area contributed by atoms with Crippen LogP contribution in [0.3, 0.4) is 0 Å². The zero-order valence-corrected chi connectivity index (χ0v) is 11.6. The minimum absolute atomic E-state index is 0.153. The molecule has 1 atom stereocenters. The van der Waals surface area contributed by atoms with Gasteiger partial charge in [0, 0.05) is 12.6 Å². The third-order valence-electron chi connectivity index (χ3n) is 2.77. The van der Waals surface area contributed by atoms with Crippen LogP contribution in [0.25, 0.3) is 6.08 Å². The molecule has 0 spiro atoms. The summed E-state index contributed by atoms with van der Waals surface area (Å²) in [5, 5.41) is 17.7. The predicted octanol–water partition coefficient (Wildman–Crippen LogP) is 1.33. The maximum absolute atomic E-state index is 12.0. The lowest BCUT2D eigenvalue weighted by Crippen LogP contribution is -2.39. The second-order valence-corrected chi connectivity index (χ2v) is 4.60. The van der Waals surface area contributed by atoms with Crippen LogP contribution < -0.4 is 0 Å². The van der Waals surface area contributed by atoms with Gasteiger partial charge in [-0.15, -0.1) is 0 Å². The number of carbonyl (C=O) groups is 3. The SMILES string of the molecule is CC(CN(CC(=O)O)C(=O)/C=C/c1ccccc1)C(=O)O. The first-order valence-corrected chi connectivity index (χ1v) is 6.36. The maximum Gasteiger partial charge on any atom is 0.323 e. The monoisotopic (exact) mass is 291 g/mol. The van der Waals surface area contributed by atoms with Crippen LogP contribution in [-0.2, 0) is 14.4 Å². The summed E-state index contributed by atoms with van der Waals surface area (Å²) in [6, 6.07) is 9.05. The minimum atomic E-state index is -1.19. The van der Waals surface area contributed by atoms with E-state index in [1.54, 1.807) is 18.2 Å². The Labute approximate surface area is 122 Å². The zero-order valence-electron chi connectivity index (χ0n) is 11.6. The van der Waals surface area contributed by atoms with Gasteiger partial charge in [0.1, 0.15) is 6.54 Å². The number of carbonyl (C=O) groups excluding carboxylic acids is 1. The van der Waals surface area contributed by atoms with Crippen LogP contribution in [0.4, 0.5) is 0 Å². The van der Waals surface area contributed by atoms with Crippen molar-refractivity contribution in [1.82, 2.24) is 4.90 Å². The van der Waals surface area contributed by atoms with Gasteiger partial charge in [0.25, 0.3) is 0 Å². The number of benzene rings is 1. The molecule has 0 saturated carbocycles. The molecule has 1 rings (SSSR count). The molecule has 0 heterocycles. The van der Waals surface area contributed by atoms with Crippen molar-refractivity contribution in [3.8, 4) is 0 Å². The van der Waals surface area contributed by atoms with Gasteiger partial charge in [0.2, 0.25) is 5.91 Å². The van der Waals surface area contributed by atoms with E-state index >= 15 is 0 Å². The van der Waals surface area contributed by atoms with Crippen molar-refractivity contribution in [1.29, 1.82) is 0 Å². The van der Waals surface area contributed by atoms with E-state index in [4.69, 9.17) is 10.2 Å². The lowest BCUT2D eigenvalue weighted by atomic mass is 10.1. The van der Waals surface area contributed by atoms with Gasteiger partial charge in [0.05, 0.1) is 5.92 Å². The van der Waals surface area contributed by atoms with E-state index in [0.29, 0.717) is 0 Å².